The topological polar surface area (TPSA) is 43.7 Å². The summed E-state index contributed by atoms with van der Waals surface area (Å²) in [7, 11) is 0. The third-order valence-corrected chi connectivity index (χ3v) is 9.45. The molecule has 252 valence electrons. The van der Waals surface area contributed by atoms with Crippen LogP contribution in [0.1, 0.15) is 123 Å². The molecule has 0 heterocycles. The van der Waals surface area contributed by atoms with Crippen LogP contribution in [0, 0.1) is 0 Å². The molecule has 0 unspecified atom stereocenters. The third kappa shape index (κ3) is 6.83. The Kier molecular flexibility index (Phi) is 9.01. The fourth-order valence-corrected chi connectivity index (χ4v) is 6.84. The molecule has 3 nitrogen and oxygen atoms in total. The number of hydrogen-bond donors (Lipinski definition) is 2. The maximum Gasteiger partial charge on any atom is 0.123 e. The summed E-state index contributed by atoms with van der Waals surface area (Å²) in [6.07, 6.45) is 0. The highest BCUT2D eigenvalue weighted by Gasteiger charge is 2.35. The van der Waals surface area contributed by atoms with Crippen molar-refractivity contribution in [3.05, 3.63) is 130 Å². The van der Waals surface area contributed by atoms with Crippen molar-refractivity contribution in [3.8, 4) is 11.5 Å². The number of benzene rings is 5. The summed E-state index contributed by atoms with van der Waals surface area (Å²) in [5, 5.41) is 26.0. The Balaban J connectivity index is 2.01. The van der Waals surface area contributed by atoms with Gasteiger partial charge < -0.3 is 15.1 Å². The zero-order valence-electron chi connectivity index (χ0n) is 31.2. The van der Waals surface area contributed by atoms with Gasteiger partial charge in [0, 0.05) is 16.8 Å². The van der Waals surface area contributed by atoms with Crippen molar-refractivity contribution in [3.63, 3.8) is 0 Å². The van der Waals surface area contributed by atoms with Gasteiger partial charge in [0.25, 0.3) is 0 Å². The van der Waals surface area contributed by atoms with Gasteiger partial charge in [-0.25, -0.2) is 0 Å². The summed E-state index contributed by atoms with van der Waals surface area (Å²) >= 11 is 0. The fourth-order valence-electron chi connectivity index (χ4n) is 6.84. The zero-order chi connectivity index (χ0) is 35.4. The number of fused-ring (bicyclic) bond motifs is 1. The van der Waals surface area contributed by atoms with E-state index in [1.54, 1.807) is 0 Å². The summed E-state index contributed by atoms with van der Waals surface area (Å²) in [5.74, 6) is 0.732. The van der Waals surface area contributed by atoms with Gasteiger partial charge in [-0.15, -0.1) is 0 Å². The second-order valence-corrected chi connectivity index (χ2v) is 17.5. The standard InChI is InChI=1S/C45H55NO2/c1-42(2,3)34-25-30(26-35(40(34)47)43(4,5)6)39(31-27-36(44(7,8)9)41(48)37(28-31)45(10,11)12)46(32-21-14-13-15-22-32)38-24-18-20-29-19-16-17-23-33(29)38/h13-28,39,47-48H,1-12H3. The highest BCUT2D eigenvalue weighted by atomic mass is 16.3. The molecule has 5 aromatic rings. The lowest BCUT2D eigenvalue weighted by Crippen LogP contribution is -2.28. The van der Waals surface area contributed by atoms with Gasteiger partial charge >= 0.3 is 0 Å². The summed E-state index contributed by atoms with van der Waals surface area (Å²) in [6, 6.07) is 34.3. The Hall–Kier alpha value is -4.24. The first kappa shape index (κ1) is 35.1. The van der Waals surface area contributed by atoms with Crippen LogP contribution in [0.3, 0.4) is 0 Å². The second-order valence-electron chi connectivity index (χ2n) is 17.5. The predicted molar refractivity (Wildman–Crippen MR) is 205 cm³/mol. The van der Waals surface area contributed by atoms with E-state index >= 15 is 0 Å². The number of phenols is 2. The number of para-hydroxylation sites is 1. The predicted octanol–water partition coefficient (Wildman–Crippen LogP) is 12.4. The Morgan fingerprint density at radius 3 is 1.25 bits per heavy atom. The molecule has 5 aromatic carbocycles. The van der Waals surface area contributed by atoms with E-state index in [0.29, 0.717) is 11.5 Å². The van der Waals surface area contributed by atoms with Crippen molar-refractivity contribution in [2.75, 3.05) is 4.90 Å². The second kappa shape index (κ2) is 12.3. The lowest BCUT2D eigenvalue weighted by atomic mass is 9.75. The molecule has 0 saturated heterocycles. The Bertz CT molecular complexity index is 1770. The van der Waals surface area contributed by atoms with E-state index in [9.17, 15) is 10.2 Å². The SMILES string of the molecule is CC(C)(C)c1cc(C(c2cc(C(C)(C)C)c(O)c(C(C)(C)C)c2)N(c2ccccc2)c2cccc3ccccc23)cc(C(C)(C)C)c1O. The molecule has 48 heavy (non-hydrogen) atoms. The summed E-state index contributed by atoms with van der Waals surface area (Å²) in [6.45, 7) is 26.0. The van der Waals surface area contributed by atoms with E-state index in [0.717, 1.165) is 50.1 Å². The largest absolute Gasteiger partial charge is 0.507 e. The molecule has 0 aliphatic heterocycles. The van der Waals surface area contributed by atoms with Crippen molar-refractivity contribution >= 4 is 22.1 Å². The summed E-state index contributed by atoms with van der Waals surface area (Å²) in [5.41, 5.74) is 6.81. The Morgan fingerprint density at radius 1 is 0.458 bits per heavy atom. The Labute approximate surface area is 289 Å². The van der Waals surface area contributed by atoms with Crippen molar-refractivity contribution in [1.29, 1.82) is 0 Å². The average Bonchev–Trinajstić information content (AvgIpc) is 2.98. The highest BCUT2D eigenvalue weighted by molar-refractivity contribution is 5.96. The van der Waals surface area contributed by atoms with E-state index in [1.165, 1.54) is 5.39 Å². The number of hydrogen-bond acceptors (Lipinski definition) is 3. The van der Waals surface area contributed by atoms with Gasteiger partial charge in [0.1, 0.15) is 11.5 Å². The first-order valence-corrected chi connectivity index (χ1v) is 17.3. The van der Waals surface area contributed by atoms with E-state index in [4.69, 9.17) is 0 Å². The monoisotopic (exact) mass is 641 g/mol. The van der Waals surface area contributed by atoms with Crippen LogP contribution in [0.25, 0.3) is 10.8 Å². The van der Waals surface area contributed by atoms with E-state index in [-0.39, 0.29) is 27.7 Å². The average molecular weight is 642 g/mol. The van der Waals surface area contributed by atoms with Gasteiger partial charge in [-0.3, -0.25) is 0 Å². The molecule has 5 rings (SSSR count). The van der Waals surface area contributed by atoms with Gasteiger partial charge in [-0.1, -0.05) is 138 Å². The molecule has 0 spiro atoms. The van der Waals surface area contributed by atoms with Crippen molar-refractivity contribution in [2.45, 2.75) is 111 Å². The molecule has 0 aliphatic carbocycles. The third-order valence-electron chi connectivity index (χ3n) is 9.45. The number of nitrogens with zero attached hydrogens (tertiary/aromatic N) is 1. The fraction of sp³-hybridized carbons (Fsp3) is 0.378. The number of aromatic hydroxyl groups is 2. The number of phenolic OH excluding ortho intramolecular Hbond substituents is 2. The summed E-state index contributed by atoms with van der Waals surface area (Å²) in [4.78, 5) is 2.46. The van der Waals surface area contributed by atoms with Crippen molar-refractivity contribution in [2.24, 2.45) is 0 Å². The van der Waals surface area contributed by atoms with Crippen LogP contribution in [0.2, 0.25) is 0 Å². The van der Waals surface area contributed by atoms with Gasteiger partial charge in [0.05, 0.1) is 6.04 Å². The minimum absolute atomic E-state index is 0.302. The van der Waals surface area contributed by atoms with E-state index < -0.39 is 0 Å². The van der Waals surface area contributed by atoms with Crippen molar-refractivity contribution in [1.82, 2.24) is 0 Å². The Morgan fingerprint density at radius 2 is 0.833 bits per heavy atom. The van der Waals surface area contributed by atoms with Crippen molar-refractivity contribution < 1.29 is 10.2 Å². The van der Waals surface area contributed by atoms with Gasteiger partial charge in [-0.05, 0) is 103 Å². The molecule has 0 fully saturated rings. The zero-order valence-corrected chi connectivity index (χ0v) is 31.2. The van der Waals surface area contributed by atoms with Crippen LogP contribution < -0.4 is 4.90 Å². The van der Waals surface area contributed by atoms with Gasteiger partial charge in [-0.2, -0.15) is 0 Å². The van der Waals surface area contributed by atoms with E-state index in [1.807, 2.05) is 0 Å². The van der Waals surface area contributed by atoms with Crippen LogP contribution in [-0.2, 0) is 21.7 Å². The van der Waals surface area contributed by atoms with Crippen LogP contribution in [0.4, 0.5) is 11.4 Å². The van der Waals surface area contributed by atoms with Gasteiger partial charge in [0.15, 0.2) is 0 Å². The molecule has 2 N–H and O–H groups in total. The maximum atomic E-state index is 11.8. The summed E-state index contributed by atoms with van der Waals surface area (Å²) < 4.78 is 0. The molecule has 3 heteroatoms. The molecule has 0 saturated carbocycles. The normalized spacial score (nSPS) is 12.9. The first-order valence-electron chi connectivity index (χ1n) is 17.3. The first-order chi connectivity index (χ1) is 22.2. The molecule has 0 bridgehead atoms. The van der Waals surface area contributed by atoms with Crippen LogP contribution in [0.15, 0.2) is 97.1 Å². The van der Waals surface area contributed by atoms with Crippen LogP contribution in [-0.4, -0.2) is 10.2 Å². The van der Waals surface area contributed by atoms with Gasteiger partial charge in [0.2, 0.25) is 0 Å². The molecule has 0 aromatic heterocycles. The molecule has 0 amide bonds. The number of anilines is 2. The maximum absolute atomic E-state index is 11.8. The van der Waals surface area contributed by atoms with Crippen LogP contribution >= 0.6 is 0 Å². The molecular formula is C45H55NO2. The molecule has 0 aliphatic rings. The minimum Gasteiger partial charge on any atom is -0.507 e. The van der Waals surface area contributed by atoms with Crippen LogP contribution in [0.5, 0.6) is 11.5 Å². The number of rotatable bonds is 5. The quantitative estimate of drug-likeness (QED) is 0.201. The smallest absolute Gasteiger partial charge is 0.123 e. The highest BCUT2D eigenvalue weighted by Crippen LogP contribution is 2.49. The lowest BCUT2D eigenvalue weighted by Gasteiger charge is -2.39. The van der Waals surface area contributed by atoms with E-state index in [2.05, 4.69) is 185 Å². The molecule has 0 atom stereocenters. The molecular weight excluding hydrogens is 587 g/mol. The molecule has 0 radical (unpaired) electrons. The minimum atomic E-state index is -0.302. The lowest BCUT2D eigenvalue weighted by molar-refractivity contribution is 0.422.